The van der Waals surface area contributed by atoms with Crippen LogP contribution in [0.15, 0.2) is 42.5 Å². The Kier molecular flexibility index (Phi) is 5.34. The van der Waals surface area contributed by atoms with E-state index in [1.54, 1.807) is 4.68 Å². The van der Waals surface area contributed by atoms with Crippen molar-refractivity contribution in [3.63, 3.8) is 0 Å². The minimum atomic E-state index is -0.219. The monoisotopic (exact) mass is 357 g/mol. The van der Waals surface area contributed by atoms with Gasteiger partial charge in [-0.05, 0) is 35.7 Å². The summed E-state index contributed by atoms with van der Waals surface area (Å²) in [5.74, 6) is 0.0973. The van der Waals surface area contributed by atoms with E-state index in [4.69, 9.17) is 16.3 Å². The molecule has 0 aliphatic rings. The fraction of sp³-hybridized carbons (Fsp3) is 0.316. The number of aromatic nitrogens is 3. The number of esters is 1. The maximum atomic E-state index is 12.1. The van der Waals surface area contributed by atoms with E-state index in [1.807, 2.05) is 56.4 Å². The van der Waals surface area contributed by atoms with E-state index in [0.29, 0.717) is 12.5 Å². The van der Waals surface area contributed by atoms with Crippen LogP contribution in [-0.2, 0) is 22.5 Å². The first-order valence-electron chi connectivity index (χ1n) is 8.22. The number of rotatable bonds is 6. The Morgan fingerprint density at radius 3 is 2.80 bits per heavy atom. The number of hydrogen-bond donors (Lipinski definition) is 0. The van der Waals surface area contributed by atoms with Gasteiger partial charge in [0.25, 0.3) is 0 Å². The summed E-state index contributed by atoms with van der Waals surface area (Å²) in [5.41, 5.74) is 4.83. The summed E-state index contributed by atoms with van der Waals surface area (Å²) < 4.78 is 6.90. The minimum absolute atomic E-state index is 0.117. The number of carbonyl (C=O) groups excluding carboxylic acids is 1. The highest BCUT2D eigenvalue weighted by atomic mass is 35.5. The van der Waals surface area contributed by atoms with E-state index in [0.717, 1.165) is 27.7 Å². The Morgan fingerprint density at radius 2 is 2.04 bits per heavy atom. The van der Waals surface area contributed by atoms with Crippen LogP contribution in [0.25, 0.3) is 11.0 Å². The number of alkyl halides is 1. The quantitative estimate of drug-likeness (QED) is 0.497. The first-order valence-corrected chi connectivity index (χ1v) is 8.75. The van der Waals surface area contributed by atoms with Gasteiger partial charge >= 0.3 is 5.97 Å². The number of halogens is 1. The van der Waals surface area contributed by atoms with E-state index in [1.165, 1.54) is 0 Å². The highest BCUT2D eigenvalue weighted by molar-refractivity contribution is 6.17. The van der Waals surface area contributed by atoms with Gasteiger partial charge in [0.05, 0.1) is 18.5 Å². The van der Waals surface area contributed by atoms with Crippen molar-refractivity contribution in [3.05, 3.63) is 59.2 Å². The summed E-state index contributed by atoms with van der Waals surface area (Å²) >= 11 is 5.97. The van der Waals surface area contributed by atoms with Gasteiger partial charge in [0.2, 0.25) is 0 Å². The van der Waals surface area contributed by atoms with Crippen LogP contribution in [0.1, 0.15) is 36.0 Å². The van der Waals surface area contributed by atoms with Gasteiger partial charge in [-0.1, -0.05) is 35.5 Å². The van der Waals surface area contributed by atoms with Crippen LogP contribution in [0.2, 0.25) is 0 Å². The summed E-state index contributed by atoms with van der Waals surface area (Å²) in [6, 6.07) is 14.0. The predicted octanol–water partition coefficient (Wildman–Crippen LogP) is 3.79. The van der Waals surface area contributed by atoms with Crippen molar-refractivity contribution < 1.29 is 9.53 Å². The van der Waals surface area contributed by atoms with Crippen molar-refractivity contribution in [1.82, 2.24) is 15.0 Å². The number of ether oxygens (including phenoxy) is 1. The molecule has 0 aliphatic heterocycles. The molecule has 1 heterocycles. The Labute approximate surface area is 151 Å². The minimum Gasteiger partial charge on any atom is -0.466 e. The van der Waals surface area contributed by atoms with E-state index in [-0.39, 0.29) is 18.3 Å². The zero-order valence-corrected chi connectivity index (χ0v) is 15.0. The predicted molar refractivity (Wildman–Crippen MR) is 97.6 cm³/mol. The van der Waals surface area contributed by atoms with Gasteiger partial charge in [0, 0.05) is 18.8 Å². The van der Waals surface area contributed by atoms with Crippen LogP contribution in [0.5, 0.6) is 0 Å². The third-order valence-corrected chi connectivity index (χ3v) is 4.53. The smallest absolute Gasteiger partial charge is 0.306 e. The average molecular weight is 358 g/mol. The molecule has 2 aromatic carbocycles. The van der Waals surface area contributed by atoms with Crippen molar-refractivity contribution in [1.29, 1.82) is 0 Å². The van der Waals surface area contributed by atoms with Gasteiger partial charge in [-0.25, -0.2) is 4.68 Å². The Bertz CT molecular complexity index is 891. The normalized spacial score (nSPS) is 12.3. The molecule has 1 unspecified atom stereocenters. The fourth-order valence-electron chi connectivity index (χ4n) is 2.98. The molecule has 1 aromatic heterocycles. The van der Waals surface area contributed by atoms with Crippen LogP contribution >= 0.6 is 11.6 Å². The molecule has 3 aromatic rings. The molecule has 0 bridgehead atoms. The maximum absolute atomic E-state index is 12.1. The van der Waals surface area contributed by atoms with E-state index in [9.17, 15) is 4.79 Å². The van der Waals surface area contributed by atoms with Crippen LogP contribution in [-0.4, -0.2) is 27.6 Å². The standard InChI is InChI=1S/C19H20ClN3O2/c1-3-25-19(24)11-16(14-6-4-5-13(9-14)12-20)15-7-8-18-17(10-15)21-22-23(18)2/h4-10,16H,3,11-12H2,1-2H3. The molecule has 0 spiro atoms. The number of carbonyl (C=O) groups is 1. The molecule has 0 radical (unpaired) electrons. The molecule has 0 fully saturated rings. The number of aryl methyl sites for hydroxylation is 1. The molecule has 0 saturated heterocycles. The molecule has 1 atom stereocenters. The highest BCUT2D eigenvalue weighted by Crippen LogP contribution is 2.31. The van der Waals surface area contributed by atoms with Crippen molar-refractivity contribution >= 4 is 28.6 Å². The first kappa shape index (κ1) is 17.4. The second-order valence-corrected chi connectivity index (χ2v) is 6.17. The lowest BCUT2D eigenvalue weighted by atomic mass is 9.87. The third-order valence-electron chi connectivity index (χ3n) is 4.22. The van der Waals surface area contributed by atoms with E-state index < -0.39 is 0 Å². The van der Waals surface area contributed by atoms with E-state index in [2.05, 4.69) is 10.3 Å². The van der Waals surface area contributed by atoms with Crippen LogP contribution in [0, 0.1) is 0 Å². The molecule has 0 N–H and O–H groups in total. The van der Waals surface area contributed by atoms with Gasteiger partial charge in [-0.15, -0.1) is 16.7 Å². The summed E-state index contributed by atoms with van der Waals surface area (Å²) in [5, 5.41) is 8.22. The summed E-state index contributed by atoms with van der Waals surface area (Å²) in [4.78, 5) is 12.1. The average Bonchev–Trinajstić information content (AvgIpc) is 3.00. The molecular formula is C19H20ClN3O2. The summed E-state index contributed by atoms with van der Waals surface area (Å²) in [6.07, 6.45) is 0.269. The summed E-state index contributed by atoms with van der Waals surface area (Å²) in [7, 11) is 1.86. The summed E-state index contributed by atoms with van der Waals surface area (Å²) in [6.45, 7) is 2.18. The first-order chi connectivity index (χ1) is 12.1. The molecule has 5 nitrogen and oxygen atoms in total. The zero-order valence-electron chi connectivity index (χ0n) is 14.3. The maximum Gasteiger partial charge on any atom is 0.306 e. The lowest BCUT2D eigenvalue weighted by Crippen LogP contribution is -2.12. The molecule has 0 aliphatic carbocycles. The Morgan fingerprint density at radius 1 is 1.24 bits per heavy atom. The molecular weight excluding hydrogens is 338 g/mol. The molecule has 6 heteroatoms. The van der Waals surface area contributed by atoms with Crippen LogP contribution in [0.3, 0.4) is 0 Å². The van der Waals surface area contributed by atoms with Crippen LogP contribution in [0.4, 0.5) is 0 Å². The van der Waals surface area contributed by atoms with Crippen molar-refractivity contribution in [2.75, 3.05) is 6.61 Å². The van der Waals surface area contributed by atoms with Crippen molar-refractivity contribution in [2.24, 2.45) is 7.05 Å². The molecule has 3 rings (SSSR count). The molecule has 130 valence electrons. The highest BCUT2D eigenvalue weighted by Gasteiger charge is 2.20. The topological polar surface area (TPSA) is 57.0 Å². The Hall–Kier alpha value is -2.40. The van der Waals surface area contributed by atoms with E-state index >= 15 is 0 Å². The number of fused-ring (bicyclic) bond motifs is 1. The molecule has 25 heavy (non-hydrogen) atoms. The van der Waals surface area contributed by atoms with Crippen LogP contribution < -0.4 is 0 Å². The largest absolute Gasteiger partial charge is 0.466 e. The number of benzene rings is 2. The lowest BCUT2D eigenvalue weighted by molar-refractivity contribution is -0.143. The van der Waals surface area contributed by atoms with Gasteiger partial charge < -0.3 is 4.74 Å². The molecule has 0 amide bonds. The van der Waals surface area contributed by atoms with Gasteiger partial charge in [0.1, 0.15) is 5.52 Å². The second-order valence-electron chi connectivity index (χ2n) is 5.90. The van der Waals surface area contributed by atoms with Gasteiger partial charge in [-0.3, -0.25) is 4.79 Å². The lowest BCUT2D eigenvalue weighted by Gasteiger charge is -2.18. The SMILES string of the molecule is CCOC(=O)CC(c1cccc(CCl)c1)c1ccc2c(c1)nnn2C. The fourth-order valence-corrected chi connectivity index (χ4v) is 3.15. The number of nitrogens with zero attached hydrogens (tertiary/aromatic N) is 3. The van der Waals surface area contributed by atoms with Gasteiger partial charge in [0.15, 0.2) is 0 Å². The number of hydrogen-bond acceptors (Lipinski definition) is 4. The van der Waals surface area contributed by atoms with Crippen molar-refractivity contribution in [3.8, 4) is 0 Å². The van der Waals surface area contributed by atoms with Crippen molar-refractivity contribution in [2.45, 2.75) is 25.1 Å². The Balaban J connectivity index is 2.03. The third kappa shape index (κ3) is 3.82. The second kappa shape index (κ2) is 7.66. The zero-order chi connectivity index (χ0) is 17.8. The molecule has 0 saturated carbocycles. The van der Waals surface area contributed by atoms with Gasteiger partial charge in [-0.2, -0.15) is 0 Å².